The standard InChI is InChI=1S/C21H26N2O3/c1-14-3-6-16(7-4-14)20(22)21(24)23-12-17-8-5-15(2)11-19(17)26-18-9-10-25-13-18/h3-8,11,18,20H,9-10,12-13,22H2,1-2H3,(H,23,24). The van der Waals surface area contributed by atoms with Crippen LogP contribution in [0.1, 0.15) is 34.7 Å². The van der Waals surface area contributed by atoms with Gasteiger partial charge >= 0.3 is 0 Å². The van der Waals surface area contributed by atoms with E-state index in [1.54, 1.807) is 0 Å². The molecule has 1 saturated heterocycles. The van der Waals surface area contributed by atoms with E-state index in [-0.39, 0.29) is 12.0 Å². The average molecular weight is 354 g/mol. The highest BCUT2D eigenvalue weighted by atomic mass is 16.5. The number of carbonyl (C=O) groups is 1. The molecule has 3 rings (SSSR count). The highest BCUT2D eigenvalue weighted by Gasteiger charge is 2.20. The van der Waals surface area contributed by atoms with Crippen LogP contribution >= 0.6 is 0 Å². The SMILES string of the molecule is Cc1ccc(C(N)C(=O)NCc2ccc(C)cc2OC2CCOC2)cc1. The molecule has 138 valence electrons. The van der Waals surface area contributed by atoms with Crippen LogP contribution in [0.2, 0.25) is 0 Å². The van der Waals surface area contributed by atoms with Crippen molar-refractivity contribution in [3.05, 3.63) is 64.7 Å². The minimum Gasteiger partial charge on any atom is -0.488 e. The van der Waals surface area contributed by atoms with E-state index in [1.807, 2.05) is 56.3 Å². The van der Waals surface area contributed by atoms with Gasteiger partial charge in [0.25, 0.3) is 0 Å². The third kappa shape index (κ3) is 4.62. The smallest absolute Gasteiger partial charge is 0.241 e. The Labute approximate surface area is 154 Å². The maximum Gasteiger partial charge on any atom is 0.241 e. The maximum absolute atomic E-state index is 12.4. The number of carbonyl (C=O) groups excluding carboxylic acids is 1. The first-order chi connectivity index (χ1) is 12.5. The molecule has 2 aromatic carbocycles. The fourth-order valence-electron chi connectivity index (χ4n) is 2.92. The Kier molecular flexibility index (Phi) is 5.91. The predicted octanol–water partition coefficient (Wildman–Crippen LogP) is 2.79. The lowest BCUT2D eigenvalue weighted by Gasteiger charge is -2.18. The molecule has 1 amide bonds. The van der Waals surface area contributed by atoms with Gasteiger partial charge in [0.2, 0.25) is 5.91 Å². The van der Waals surface area contributed by atoms with Crippen molar-refractivity contribution in [2.75, 3.05) is 13.2 Å². The van der Waals surface area contributed by atoms with Crippen molar-refractivity contribution in [2.45, 2.75) is 39.0 Å². The van der Waals surface area contributed by atoms with Crippen molar-refractivity contribution >= 4 is 5.91 Å². The zero-order chi connectivity index (χ0) is 18.5. The van der Waals surface area contributed by atoms with Crippen LogP contribution < -0.4 is 15.8 Å². The van der Waals surface area contributed by atoms with Crippen molar-refractivity contribution in [3.8, 4) is 5.75 Å². The molecule has 0 bridgehead atoms. The molecular weight excluding hydrogens is 328 g/mol. The highest BCUT2D eigenvalue weighted by molar-refractivity contribution is 5.83. The molecule has 2 atom stereocenters. The van der Waals surface area contributed by atoms with Crippen LogP contribution in [0.5, 0.6) is 5.75 Å². The molecule has 2 aromatic rings. The molecule has 1 aliphatic rings. The zero-order valence-electron chi connectivity index (χ0n) is 15.3. The molecule has 26 heavy (non-hydrogen) atoms. The Morgan fingerprint density at radius 1 is 1.23 bits per heavy atom. The van der Waals surface area contributed by atoms with Crippen molar-refractivity contribution in [3.63, 3.8) is 0 Å². The molecule has 0 aliphatic carbocycles. The summed E-state index contributed by atoms with van der Waals surface area (Å²) < 4.78 is 11.4. The third-order valence-electron chi connectivity index (χ3n) is 4.58. The fraction of sp³-hybridized carbons (Fsp3) is 0.381. The Hall–Kier alpha value is -2.37. The average Bonchev–Trinajstić information content (AvgIpc) is 3.14. The molecule has 0 radical (unpaired) electrons. The van der Waals surface area contributed by atoms with Gasteiger partial charge in [-0.3, -0.25) is 4.79 Å². The summed E-state index contributed by atoms with van der Waals surface area (Å²) in [7, 11) is 0. The number of nitrogens with one attached hydrogen (secondary N) is 1. The minimum absolute atomic E-state index is 0.0704. The summed E-state index contributed by atoms with van der Waals surface area (Å²) in [5.74, 6) is 0.592. The Morgan fingerprint density at radius 3 is 2.65 bits per heavy atom. The predicted molar refractivity (Wildman–Crippen MR) is 101 cm³/mol. The summed E-state index contributed by atoms with van der Waals surface area (Å²) in [4.78, 5) is 12.4. The van der Waals surface area contributed by atoms with E-state index in [0.717, 1.165) is 41.0 Å². The first-order valence-corrected chi connectivity index (χ1v) is 8.96. The molecule has 5 nitrogen and oxygen atoms in total. The van der Waals surface area contributed by atoms with E-state index in [1.165, 1.54) is 0 Å². The number of rotatable bonds is 6. The van der Waals surface area contributed by atoms with Crippen molar-refractivity contribution in [1.82, 2.24) is 5.32 Å². The Bertz CT molecular complexity index is 752. The molecule has 1 fully saturated rings. The zero-order valence-corrected chi connectivity index (χ0v) is 15.3. The second-order valence-electron chi connectivity index (χ2n) is 6.82. The van der Waals surface area contributed by atoms with Crippen molar-refractivity contribution < 1.29 is 14.3 Å². The van der Waals surface area contributed by atoms with Gasteiger partial charge in [0, 0.05) is 18.5 Å². The molecule has 1 heterocycles. The summed E-state index contributed by atoms with van der Waals surface area (Å²) in [5, 5.41) is 2.92. The topological polar surface area (TPSA) is 73.6 Å². The maximum atomic E-state index is 12.4. The van der Waals surface area contributed by atoms with Crippen LogP contribution in [0.4, 0.5) is 0 Å². The Morgan fingerprint density at radius 2 is 1.96 bits per heavy atom. The lowest BCUT2D eigenvalue weighted by molar-refractivity contribution is -0.122. The third-order valence-corrected chi connectivity index (χ3v) is 4.58. The van der Waals surface area contributed by atoms with Crippen LogP contribution in [-0.2, 0) is 16.1 Å². The second-order valence-corrected chi connectivity index (χ2v) is 6.82. The van der Waals surface area contributed by atoms with Crippen LogP contribution in [0, 0.1) is 13.8 Å². The summed E-state index contributed by atoms with van der Waals surface area (Å²) in [6.07, 6.45) is 0.957. The monoisotopic (exact) mass is 354 g/mol. The summed E-state index contributed by atoms with van der Waals surface area (Å²) in [5.41, 5.74) is 10.1. The van der Waals surface area contributed by atoms with Gasteiger partial charge in [-0.25, -0.2) is 0 Å². The number of nitrogens with two attached hydrogens (primary N) is 1. The lowest BCUT2D eigenvalue weighted by Crippen LogP contribution is -2.33. The van der Waals surface area contributed by atoms with Crippen LogP contribution in [-0.4, -0.2) is 25.2 Å². The van der Waals surface area contributed by atoms with E-state index in [4.69, 9.17) is 15.2 Å². The van der Waals surface area contributed by atoms with E-state index < -0.39 is 6.04 Å². The lowest BCUT2D eigenvalue weighted by atomic mass is 10.0. The van der Waals surface area contributed by atoms with Crippen LogP contribution in [0.15, 0.2) is 42.5 Å². The normalized spacial score (nSPS) is 17.7. The fourth-order valence-corrected chi connectivity index (χ4v) is 2.92. The minimum atomic E-state index is -0.686. The van der Waals surface area contributed by atoms with E-state index in [2.05, 4.69) is 5.32 Å². The summed E-state index contributed by atoms with van der Waals surface area (Å²) in [6.45, 7) is 5.74. The molecule has 5 heteroatoms. The number of ether oxygens (including phenoxy) is 2. The number of amides is 1. The number of benzene rings is 2. The van der Waals surface area contributed by atoms with Gasteiger partial charge in [-0.2, -0.15) is 0 Å². The quantitative estimate of drug-likeness (QED) is 0.837. The van der Waals surface area contributed by atoms with Gasteiger partial charge in [0.1, 0.15) is 17.9 Å². The molecular formula is C21H26N2O3. The number of hydrogen-bond acceptors (Lipinski definition) is 4. The highest BCUT2D eigenvalue weighted by Crippen LogP contribution is 2.24. The van der Waals surface area contributed by atoms with Crippen molar-refractivity contribution in [2.24, 2.45) is 5.73 Å². The van der Waals surface area contributed by atoms with Gasteiger partial charge in [-0.05, 0) is 31.0 Å². The largest absolute Gasteiger partial charge is 0.488 e. The molecule has 0 spiro atoms. The van der Waals surface area contributed by atoms with Gasteiger partial charge in [-0.15, -0.1) is 0 Å². The molecule has 0 aromatic heterocycles. The van der Waals surface area contributed by atoms with Gasteiger partial charge in [0.15, 0.2) is 0 Å². The van der Waals surface area contributed by atoms with Gasteiger partial charge in [-0.1, -0.05) is 42.0 Å². The summed E-state index contributed by atoms with van der Waals surface area (Å²) in [6, 6.07) is 13.0. The Balaban J connectivity index is 1.64. The van der Waals surface area contributed by atoms with Gasteiger partial charge < -0.3 is 20.5 Å². The van der Waals surface area contributed by atoms with Crippen LogP contribution in [0.3, 0.4) is 0 Å². The first kappa shape index (κ1) is 18.4. The van der Waals surface area contributed by atoms with Crippen molar-refractivity contribution in [1.29, 1.82) is 0 Å². The molecule has 2 unspecified atom stereocenters. The molecule has 3 N–H and O–H groups in total. The number of hydrogen-bond donors (Lipinski definition) is 2. The van der Waals surface area contributed by atoms with E-state index in [0.29, 0.717) is 13.2 Å². The summed E-state index contributed by atoms with van der Waals surface area (Å²) >= 11 is 0. The van der Waals surface area contributed by atoms with E-state index >= 15 is 0 Å². The van der Waals surface area contributed by atoms with Crippen LogP contribution in [0.25, 0.3) is 0 Å². The molecule has 1 aliphatic heterocycles. The second kappa shape index (κ2) is 8.34. The van der Waals surface area contributed by atoms with Gasteiger partial charge in [0.05, 0.1) is 13.2 Å². The van der Waals surface area contributed by atoms with E-state index in [9.17, 15) is 4.79 Å². The number of aryl methyl sites for hydroxylation is 2. The first-order valence-electron chi connectivity index (χ1n) is 8.96. The molecule has 0 saturated carbocycles.